The van der Waals surface area contributed by atoms with Gasteiger partial charge in [0.05, 0.1) is 22.7 Å². The molecule has 1 aromatic carbocycles. The van der Waals surface area contributed by atoms with E-state index >= 15 is 0 Å². The highest BCUT2D eigenvalue weighted by Crippen LogP contribution is 2.23. The fourth-order valence-electron chi connectivity index (χ4n) is 3.24. The van der Waals surface area contributed by atoms with Gasteiger partial charge >= 0.3 is 0 Å². The summed E-state index contributed by atoms with van der Waals surface area (Å²) in [5, 5.41) is 9.77. The summed E-state index contributed by atoms with van der Waals surface area (Å²) < 4.78 is 1.74. The van der Waals surface area contributed by atoms with E-state index < -0.39 is 0 Å². The molecule has 0 saturated heterocycles. The average molecular weight is 316 g/mol. The van der Waals surface area contributed by atoms with Gasteiger partial charge in [-0.3, -0.25) is 14.3 Å². The van der Waals surface area contributed by atoms with Gasteiger partial charge in [0.1, 0.15) is 5.82 Å². The van der Waals surface area contributed by atoms with Crippen LogP contribution in [0, 0.1) is 17.2 Å². The van der Waals surface area contributed by atoms with Crippen molar-refractivity contribution in [1.29, 1.82) is 5.26 Å². The quantitative estimate of drug-likeness (QED) is 0.692. The number of aromatic nitrogens is 3. The smallest absolute Gasteiger partial charge is 0.261 e. The van der Waals surface area contributed by atoms with Crippen molar-refractivity contribution in [3.63, 3.8) is 0 Å². The van der Waals surface area contributed by atoms with Crippen molar-refractivity contribution in [1.82, 2.24) is 14.5 Å². The van der Waals surface area contributed by atoms with E-state index in [9.17, 15) is 4.79 Å². The topological polar surface area (TPSA) is 71.6 Å². The van der Waals surface area contributed by atoms with E-state index in [1.54, 1.807) is 10.8 Å². The maximum absolute atomic E-state index is 12.8. The Morgan fingerprint density at radius 3 is 2.92 bits per heavy atom. The first-order valence-electron chi connectivity index (χ1n) is 8.11. The number of nitriles is 1. The number of nitrogens with zero attached hydrogens (tertiary/aromatic N) is 4. The van der Waals surface area contributed by atoms with Crippen LogP contribution in [0.15, 0.2) is 47.4 Å². The lowest BCUT2D eigenvalue weighted by Crippen LogP contribution is -2.24. The van der Waals surface area contributed by atoms with Gasteiger partial charge in [-0.25, -0.2) is 4.98 Å². The summed E-state index contributed by atoms with van der Waals surface area (Å²) in [6, 6.07) is 13.7. The van der Waals surface area contributed by atoms with Crippen LogP contribution in [0.4, 0.5) is 0 Å². The van der Waals surface area contributed by atoms with Gasteiger partial charge < -0.3 is 0 Å². The van der Waals surface area contributed by atoms with Crippen LogP contribution in [0.1, 0.15) is 18.7 Å². The average Bonchev–Trinajstić information content (AvgIpc) is 2.84. The Bertz CT molecular complexity index is 1000. The van der Waals surface area contributed by atoms with E-state index in [1.165, 1.54) is 0 Å². The zero-order valence-corrected chi connectivity index (χ0v) is 13.1. The molecule has 1 aliphatic heterocycles. The van der Waals surface area contributed by atoms with Crippen LogP contribution in [0.2, 0.25) is 0 Å². The van der Waals surface area contributed by atoms with E-state index in [4.69, 9.17) is 10.2 Å². The van der Waals surface area contributed by atoms with Gasteiger partial charge in [-0.2, -0.15) is 5.26 Å². The number of aryl methyl sites for hydroxylation is 1. The molecule has 3 heterocycles. The highest BCUT2D eigenvalue weighted by atomic mass is 16.1. The third kappa shape index (κ3) is 2.46. The molecule has 0 spiro atoms. The molecule has 2 aromatic heterocycles. The van der Waals surface area contributed by atoms with Gasteiger partial charge in [-0.05, 0) is 37.1 Å². The van der Waals surface area contributed by atoms with Crippen LogP contribution in [0.3, 0.4) is 0 Å². The SMILES string of the molecule is N#CC1CCc2nc3cc(-c4ccccn4)ccc3c(=O)n2CC1. The summed E-state index contributed by atoms with van der Waals surface area (Å²) in [6.45, 7) is 0.567. The summed E-state index contributed by atoms with van der Waals surface area (Å²) in [5.74, 6) is 0.779. The molecular formula is C19H16N4O. The number of hydrogen-bond donors (Lipinski definition) is 0. The minimum Gasteiger partial charge on any atom is -0.296 e. The Balaban J connectivity index is 1.85. The summed E-state index contributed by atoms with van der Waals surface area (Å²) in [4.78, 5) is 21.9. The van der Waals surface area contributed by atoms with Gasteiger partial charge in [-0.1, -0.05) is 12.1 Å². The summed E-state index contributed by atoms with van der Waals surface area (Å²) in [7, 11) is 0. The third-order valence-corrected chi connectivity index (χ3v) is 4.60. The van der Waals surface area contributed by atoms with Crippen LogP contribution in [0.5, 0.6) is 0 Å². The molecular weight excluding hydrogens is 300 g/mol. The van der Waals surface area contributed by atoms with Crippen molar-refractivity contribution in [2.24, 2.45) is 5.92 Å². The molecule has 0 amide bonds. The largest absolute Gasteiger partial charge is 0.296 e. The Morgan fingerprint density at radius 2 is 2.12 bits per heavy atom. The minimum atomic E-state index is -0.0128. The fraction of sp³-hybridized carbons (Fsp3) is 0.263. The van der Waals surface area contributed by atoms with Gasteiger partial charge in [0, 0.05) is 30.6 Å². The van der Waals surface area contributed by atoms with Crippen LogP contribution in [-0.2, 0) is 13.0 Å². The Kier molecular flexibility index (Phi) is 3.58. The highest BCUT2D eigenvalue weighted by Gasteiger charge is 2.19. The molecule has 0 N–H and O–H groups in total. The predicted molar refractivity (Wildman–Crippen MR) is 91.3 cm³/mol. The molecule has 3 aromatic rings. The Morgan fingerprint density at radius 1 is 1.21 bits per heavy atom. The second-order valence-electron chi connectivity index (χ2n) is 6.09. The van der Waals surface area contributed by atoms with Crippen molar-refractivity contribution in [2.45, 2.75) is 25.8 Å². The second-order valence-corrected chi connectivity index (χ2v) is 6.09. The van der Waals surface area contributed by atoms with E-state index in [0.717, 1.165) is 23.5 Å². The number of benzene rings is 1. The second kappa shape index (κ2) is 5.89. The molecule has 0 bridgehead atoms. The van der Waals surface area contributed by atoms with Gasteiger partial charge in [-0.15, -0.1) is 0 Å². The van der Waals surface area contributed by atoms with E-state index in [-0.39, 0.29) is 11.5 Å². The molecule has 0 radical (unpaired) electrons. The fourth-order valence-corrected chi connectivity index (χ4v) is 3.24. The maximum atomic E-state index is 12.8. The predicted octanol–water partition coefficient (Wildman–Crippen LogP) is 2.93. The minimum absolute atomic E-state index is 0.00158. The van der Waals surface area contributed by atoms with Crippen molar-refractivity contribution in [3.8, 4) is 17.3 Å². The van der Waals surface area contributed by atoms with Gasteiger partial charge in [0.25, 0.3) is 5.56 Å². The maximum Gasteiger partial charge on any atom is 0.261 e. The summed E-state index contributed by atoms with van der Waals surface area (Å²) >= 11 is 0. The zero-order valence-electron chi connectivity index (χ0n) is 13.1. The van der Waals surface area contributed by atoms with Crippen molar-refractivity contribution < 1.29 is 0 Å². The first kappa shape index (κ1) is 14.6. The van der Waals surface area contributed by atoms with Crippen LogP contribution < -0.4 is 5.56 Å². The normalized spacial score (nSPS) is 17.0. The van der Waals surface area contributed by atoms with E-state index in [0.29, 0.717) is 30.3 Å². The molecule has 24 heavy (non-hydrogen) atoms. The first-order valence-corrected chi connectivity index (χ1v) is 8.11. The molecule has 0 fully saturated rings. The molecule has 1 atom stereocenters. The Hall–Kier alpha value is -3.00. The molecule has 4 rings (SSSR count). The third-order valence-electron chi connectivity index (χ3n) is 4.60. The number of rotatable bonds is 1. The number of hydrogen-bond acceptors (Lipinski definition) is 4. The lowest BCUT2D eigenvalue weighted by Gasteiger charge is -2.10. The van der Waals surface area contributed by atoms with Gasteiger partial charge in [0.2, 0.25) is 0 Å². The van der Waals surface area contributed by atoms with Gasteiger partial charge in [0.15, 0.2) is 0 Å². The van der Waals surface area contributed by atoms with Crippen molar-refractivity contribution >= 4 is 10.9 Å². The molecule has 0 aliphatic carbocycles. The van der Waals surface area contributed by atoms with Crippen LogP contribution in [-0.4, -0.2) is 14.5 Å². The lowest BCUT2D eigenvalue weighted by atomic mass is 10.0. The molecule has 5 nitrogen and oxygen atoms in total. The summed E-state index contributed by atoms with van der Waals surface area (Å²) in [6.07, 6.45) is 3.88. The standard InChI is InChI=1S/C19H16N4O/c20-12-13-4-7-18-22-17-11-14(16-3-1-2-9-21-16)5-6-15(17)19(24)23(18)10-8-13/h1-3,5-6,9,11,13H,4,7-8,10H2. The monoisotopic (exact) mass is 316 g/mol. The van der Waals surface area contributed by atoms with E-state index in [2.05, 4.69) is 11.1 Å². The zero-order chi connectivity index (χ0) is 16.5. The van der Waals surface area contributed by atoms with Crippen molar-refractivity contribution in [3.05, 3.63) is 58.8 Å². The van der Waals surface area contributed by atoms with Crippen LogP contribution in [0.25, 0.3) is 22.2 Å². The lowest BCUT2D eigenvalue weighted by molar-refractivity contribution is 0.538. The van der Waals surface area contributed by atoms with Crippen molar-refractivity contribution in [2.75, 3.05) is 0 Å². The number of pyridine rings is 1. The molecule has 1 aliphatic rings. The summed E-state index contributed by atoms with van der Waals surface area (Å²) in [5.41, 5.74) is 2.50. The van der Waals surface area contributed by atoms with Crippen LogP contribution >= 0.6 is 0 Å². The Labute approximate surface area is 139 Å². The highest BCUT2D eigenvalue weighted by molar-refractivity contribution is 5.83. The molecule has 0 saturated carbocycles. The molecule has 118 valence electrons. The molecule has 1 unspecified atom stereocenters. The molecule has 5 heteroatoms. The first-order chi connectivity index (χ1) is 11.8. The van der Waals surface area contributed by atoms with E-state index in [1.807, 2.05) is 36.4 Å². The number of fused-ring (bicyclic) bond motifs is 2.